The van der Waals surface area contributed by atoms with Crippen LogP contribution in [0.4, 0.5) is 24.7 Å². The number of para-hydroxylation sites is 1. The largest absolute Gasteiger partial charge is 0.491 e. The molecule has 3 aromatic carbocycles. The molecule has 2 aliphatic carbocycles. The minimum atomic E-state index is -4.82. The van der Waals surface area contributed by atoms with Gasteiger partial charge in [-0.3, -0.25) is 29.6 Å². The molecule has 4 amide bonds. The molecule has 4 aliphatic rings. The number of halogens is 4. The summed E-state index contributed by atoms with van der Waals surface area (Å²) in [5.41, 5.74) is 3.46. The van der Waals surface area contributed by atoms with Gasteiger partial charge in [-0.15, -0.1) is 0 Å². The molecular formula is C42H37ClF3N5O6. The van der Waals surface area contributed by atoms with Crippen molar-refractivity contribution in [2.24, 2.45) is 23.7 Å². The number of nitrogens with one attached hydrogen (secondary N) is 1. The van der Waals surface area contributed by atoms with E-state index < -0.39 is 76.3 Å². The number of hydrogen-bond acceptors (Lipinski definition) is 9. The number of aliphatic hydroxyl groups excluding tert-OH is 1. The van der Waals surface area contributed by atoms with E-state index in [4.69, 9.17) is 16.3 Å². The Labute approximate surface area is 330 Å². The number of imide groups is 2. The molecule has 0 spiro atoms. The third kappa shape index (κ3) is 6.04. The molecule has 1 aromatic heterocycles. The van der Waals surface area contributed by atoms with E-state index in [0.717, 1.165) is 26.7 Å². The Morgan fingerprint density at radius 2 is 1.63 bits per heavy atom. The summed E-state index contributed by atoms with van der Waals surface area (Å²) in [7, 11) is 1.25. The number of amides is 4. The standard InChI is InChI=1S/C42H37ClF3N5O6/c1-23-12-14-25(15-13-23)48-50-38(54)30-22-29-26(35(27-10-6-7-11-32(27)57-21-20-52)41(30,40(50)56)24-8-4-3-5-9-24)16-17-28-34(29)39(55)51(37(28)53)49(2)36-31(43)18-19-33(47-36)42(44,45)46/h3-16,18-19,28-30,34-35,48,52H,17,20-22H2,1-2H3/t28-,29+,30-,34-,35+,41+/m0/s1. The zero-order valence-electron chi connectivity index (χ0n) is 30.7. The van der Waals surface area contributed by atoms with Gasteiger partial charge in [0.15, 0.2) is 5.82 Å². The number of allylic oxidation sites excluding steroid dienone is 2. The number of rotatable bonds is 9. The van der Waals surface area contributed by atoms with E-state index in [9.17, 15) is 32.7 Å². The topological polar surface area (TPSA) is 132 Å². The van der Waals surface area contributed by atoms with Crippen LogP contribution < -0.4 is 15.2 Å². The van der Waals surface area contributed by atoms with Gasteiger partial charge < -0.3 is 9.84 Å². The Morgan fingerprint density at radius 1 is 0.930 bits per heavy atom. The van der Waals surface area contributed by atoms with Gasteiger partial charge in [0.25, 0.3) is 23.6 Å². The van der Waals surface area contributed by atoms with Crippen molar-refractivity contribution in [3.8, 4) is 5.75 Å². The van der Waals surface area contributed by atoms with Gasteiger partial charge in [-0.1, -0.05) is 89.5 Å². The van der Waals surface area contributed by atoms with Crippen LogP contribution in [0.15, 0.2) is 103 Å². The lowest BCUT2D eigenvalue weighted by Crippen LogP contribution is -2.53. The number of carbonyl (C=O) groups excluding carboxylic acids is 4. The highest BCUT2D eigenvalue weighted by Crippen LogP contribution is 2.65. The van der Waals surface area contributed by atoms with Crippen LogP contribution in [0.2, 0.25) is 5.02 Å². The van der Waals surface area contributed by atoms with Crippen LogP contribution in [0.5, 0.6) is 5.75 Å². The lowest BCUT2D eigenvalue weighted by Gasteiger charge is -2.50. The Kier molecular flexibility index (Phi) is 9.60. The number of aromatic nitrogens is 1. The molecule has 2 N–H and O–H groups in total. The van der Waals surface area contributed by atoms with Crippen molar-refractivity contribution in [3.05, 3.63) is 130 Å². The number of ether oxygens (including phenoxy) is 1. The highest BCUT2D eigenvalue weighted by atomic mass is 35.5. The smallest absolute Gasteiger partial charge is 0.433 e. The minimum absolute atomic E-state index is 0.00610. The van der Waals surface area contributed by atoms with Crippen molar-refractivity contribution < 1.29 is 42.2 Å². The van der Waals surface area contributed by atoms with E-state index in [1.54, 1.807) is 60.7 Å². The van der Waals surface area contributed by atoms with Crippen LogP contribution in [-0.2, 0) is 30.8 Å². The quantitative estimate of drug-likeness (QED) is 0.145. The Bertz CT molecular complexity index is 2310. The molecule has 2 saturated heterocycles. The maximum atomic E-state index is 15.4. The molecule has 11 nitrogen and oxygen atoms in total. The van der Waals surface area contributed by atoms with Crippen LogP contribution in [0.3, 0.4) is 0 Å². The molecule has 2 aliphatic heterocycles. The van der Waals surface area contributed by atoms with Crippen LogP contribution in [0.1, 0.15) is 41.1 Å². The normalized spacial score (nSPS) is 25.5. The molecular weight excluding hydrogens is 763 g/mol. The zero-order chi connectivity index (χ0) is 40.4. The third-order valence-electron chi connectivity index (χ3n) is 11.7. The van der Waals surface area contributed by atoms with E-state index in [0.29, 0.717) is 34.2 Å². The molecule has 8 rings (SSSR count). The summed E-state index contributed by atoms with van der Waals surface area (Å²) >= 11 is 6.32. The average Bonchev–Trinajstić information content (AvgIpc) is 3.58. The van der Waals surface area contributed by atoms with Crippen LogP contribution in [-0.4, -0.2) is 64.0 Å². The van der Waals surface area contributed by atoms with Crippen LogP contribution >= 0.6 is 11.6 Å². The predicted molar refractivity (Wildman–Crippen MR) is 202 cm³/mol. The summed E-state index contributed by atoms with van der Waals surface area (Å²) in [6.45, 7) is 1.56. The highest BCUT2D eigenvalue weighted by Gasteiger charge is 2.71. The molecule has 3 heterocycles. The number of pyridine rings is 1. The lowest BCUT2D eigenvalue weighted by atomic mass is 9.49. The number of hydrogen-bond donors (Lipinski definition) is 2. The van der Waals surface area contributed by atoms with Gasteiger partial charge in [-0.2, -0.15) is 23.2 Å². The van der Waals surface area contributed by atoms with Gasteiger partial charge in [-0.25, -0.2) is 4.98 Å². The zero-order valence-corrected chi connectivity index (χ0v) is 31.5. The second-order valence-electron chi connectivity index (χ2n) is 14.7. The number of anilines is 2. The number of alkyl halides is 3. The van der Waals surface area contributed by atoms with Crippen LogP contribution in [0.25, 0.3) is 0 Å². The predicted octanol–water partition coefficient (Wildman–Crippen LogP) is 6.47. The lowest BCUT2D eigenvalue weighted by molar-refractivity contribution is -0.142. The number of aryl methyl sites for hydroxylation is 1. The van der Waals surface area contributed by atoms with Crippen molar-refractivity contribution in [1.29, 1.82) is 0 Å². The highest BCUT2D eigenvalue weighted by molar-refractivity contribution is 6.33. The Balaban J connectivity index is 1.28. The van der Waals surface area contributed by atoms with Crippen molar-refractivity contribution in [1.82, 2.24) is 15.0 Å². The van der Waals surface area contributed by atoms with E-state index in [-0.39, 0.29) is 31.1 Å². The molecule has 1 saturated carbocycles. The first-order valence-electron chi connectivity index (χ1n) is 18.4. The van der Waals surface area contributed by atoms with E-state index in [1.165, 1.54) is 7.05 Å². The summed E-state index contributed by atoms with van der Waals surface area (Å²) in [5, 5.41) is 12.3. The first kappa shape index (κ1) is 38.2. The fourth-order valence-electron chi connectivity index (χ4n) is 9.29. The summed E-state index contributed by atoms with van der Waals surface area (Å²) in [6.07, 6.45) is -2.90. The van der Waals surface area contributed by atoms with Gasteiger partial charge in [0.05, 0.1) is 40.5 Å². The Hall–Kier alpha value is -5.73. The number of nitrogens with zero attached hydrogens (tertiary/aromatic N) is 4. The number of fused-ring (bicyclic) bond motifs is 4. The molecule has 0 bridgehead atoms. The fraction of sp³-hybridized carbons (Fsp3) is 0.310. The number of benzene rings is 3. The van der Waals surface area contributed by atoms with Crippen molar-refractivity contribution in [2.45, 2.75) is 37.3 Å². The molecule has 3 fully saturated rings. The first-order chi connectivity index (χ1) is 27.3. The Morgan fingerprint density at radius 3 is 2.33 bits per heavy atom. The second-order valence-corrected chi connectivity index (χ2v) is 15.1. The molecule has 15 heteroatoms. The summed E-state index contributed by atoms with van der Waals surface area (Å²) in [6, 6.07) is 25.0. The van der Waals surface area contributed by atoms with E-state index in [2.05, 4.69) is 10.4 Å². The third-order valence-corrected chi connectivity index (χ3v) is 12.0. The monoisotopic (exact) mass is 799 g/mol. The molecule has 4 aromatic rings. The van der Waals surface area contributed by atoms with Crippen molar-refractivity contribution in [3.63, 3.8) is 0 Å². The van der Waals surface area contributed by atoms with Gasteiger partial charge in [0, 0.05) is 18.5 Å². The molecule has 0 unspecified atom stereocenters. The SMILES string of the molecule is Cc1ccc(NN2C(=O)[C@@H]3C[C@@H]4C(=CC[C@@H]5C(=O)N(N(C)c6nc(C(F)(F)F)ccc6Cl)C(=O)[C@@H]54)[C@H](c4ccccc4OCCO)[C@]3(c3ccccc3)C2=O)cc1. The van der Waals surface area contributed by atoms with Gasteiger partial charge in [0.1, 0.15) is 18.1 Å². The number of carbonyl (C=O) groups is 4. The summed E-state index contributed by atoms with van der Waals surface area (Å²) in [4.78, 5) is 62.9. The fourth-order valence-corrected chi connectivity index (χ4v) is 9.52. The van der Waals surface area contributed by atoms with Gasteiger partial charge in [-0.05, 0) is 61.6 Å². The van der Waals surface area contributed by atoms with Crippen molar-refractivity contribution >= 4 is 46.7 Å². The molecule has 57 heavy (non-hydrogen) atoms. The number of hydrazine groups is 2. The molecule has 0 radical (unpaired) electrons. The number of aliphatic hydroxyl groups is 1. The van der Waals surface area contributed by atoms with E-state index >= 15 is 4.79 Å². The maximum absolute atomic E-state index is 15.4. The van der Waals surface area contributed by atoms with Crippen molar-refractivity contribution in [2.75, 3.05) is 30.7 Å². The maximum Gasteiger partial charge on any atom is 0.433 e. The second kappa shape index (κ2) is 14.3. The van der Waals surface area contributed by atoms with Crippen LogP contribution in [0, 0.1) is 30.6 Å². The first-order valence-corrected chi connectivity index (χ1v) is 18.8. The molecule has 6 atom stereocenters. The average molecular weight is 800 g/mol. The molecule has 294 valence electrons. The minimum Gasteiger partial charge on any atom is -0.491 e. The summed E-state index contributed by atoms with van der Waals surface area (Å²) < 4.78 is 47.2. The van der Waals surface area contributed by atoms with Gasteiger partial charge in [0.2, 0.25) is 0 Å². The van der Waals surface area contributed by atoms with E-state index in [1.807, 2.05) is 31.2 Å². The summed E-state index contributed by atoms with van der Waals surface area (Å²) in [5.74, 6) is -7.19. The van der Waals surface area contributed by atoms with Gasteiger partial charge >= 0.3 is 6.18 Å².